The lowest BCUT2D eigenvalue weighted by molar-refractivity contribution is 0.0603. The summed E-state index contributed by atoms with van der Waals surface area (Å²) in [6, 6.07) is 11.5. The zero-order valence-electron chi connectivity index (χ0n) is 11.1. The number of sulfonamides is 1. The van der Waals surface area contributed by atoms with Gasteiger partial charge in [-0.05, 0) is 31.2 Å². The molecule has 0 saturated heterocycles. The fraction of sp³-hybridized carbons (Fsp3) is 0.286. The van der Waals surface area contributed by atoms with Gasteiger partial charge in [0.15, 0.2) is 0 Å². The highest BCUT2D eigenvalue weighted by Crippen LogP contribution is 2.14. The van der Waals surface area contributed by atoms with E-state index < -0.39 is 15.6 Å². The Balaban J connectivity index is 2.00. The number of hydrogen-bond acceptors (Lipinski definition) is 4. The van der Waals surface area contributed by atoms with Gasteiger partial charge in [-0.25, -0.2) is 13.1 Å². The Morgan fingerprint density at radius 2 is 1.90 bits per heavy atom. The van der Waals surface area contributed by atoms with Gasteiger partial charge in [0.1, 0.15) is 5.76 Å². The first-order valence-corrected chi connectivity index (χ1v) is 7.67. The van der Waals surface area contributed by atoms with Crippen molar-refractivity contribution in [1.29, 1.82) is 0 Å². The number of rotatable bonds is 6. The van der Waals surface area contributed by atoms with Gasteiger partial charge in [0, 0.05) is 13.0 Å². The summed E-state index contributed by atoms with van der Waals surface area (Å²) >= 11 is 0. The number of benzene rings is 1. The van der Waals surface area contributed by atoms with Crippen molar-refractivity contribution in [3.63, 3.8) is 0 Å². The van der Waals surface area contributed by atoms with Crippen molar-refractivity contribution in [2.45, 2.75) is 23.8 Å². The molecule has 0 fully saturated rings. The van der Waals surface area contributed by atoms with Gasteiger partial charge < -0.3 is 9.52 Å². The van der Waals surface area contributed by atoms with Crippen molar-refractivity contribution >= 4 is 10.0 Å². The monoisotopic (exact) mass is 295 g/mol. The topological polar surface area (TPSA) is 79.5 Å². The van der Waals surface area contributed by atoms with Crippen LogP contribution in [-0.2, 0) is 16.4 Å². The fourth-order valence-electron chi connectivity index (χ4n) is 1.78. The van der Waals surface area contributed by atoms with E-state index in [1.165, 1.54) is 18.4 Å². The maximum Gasteiger partial charge on any atom is 0.240 e. The fourth-order valence-corrected chi connectivity index (χ4v) is 2.97. The molecule has 1 aromatic carbocycles. The SMILES string of the molecule is C[C@](O)(CNS(=O)(=O)c1ccccc1)Cc1ccco1. The minimum absolute atomic E-state index is 0.0923. The third-order valence-corrected chi connectivity index (χ3v) is 4.25. The molecule has 1 heterocycles. The van der Waals surface area contributed by atoms with Gasteiger partial charge in [0.25, 0.3) is 0 Å². The lowest BCUT2D eigenvalue weighted by atomic mass is 10.0. The van der Waals surface area contributed by atoms with E-state index in [1.54, 1.807) is 37.3 Å². The number of hydrogen-bond donors (Lipinski definition) is 2. The van der Waals surface area contributed by atoms with Gasteiger partial charge in [-0.2, -0.15) is 0 Å². The largest absolute Gasteiger partial charge is 0.469 e. The third kappa shape index (κ3) is 3.93. The number of nitrogens with one attached hydrogen (secondary N) is 1. The van der Waals surface area contributed by atoms with Gasteiger partial charge in [0.05, 0.1) is 16.8 Å². The predicted octanol–water partition coefficient (Wildman–Crippen LogP) is 1.55. The van der Waals surface area contributed by atoms with Crippen LogP contribution in [0.25, 0.3) is 0 Å². The van der Waals surface area contributed by atoms with Crippen LogP contribution in [0, 0.1) is 0 Å². The Kier molecular flexibility index (Phi) is 4.27. The normalized spacial score (nSPS) is 14.9. The maximum atomic E-state index is 12.0. The van der Waals surface area contributed by atoms with Gasteiger partial charge in [-0.3, -0.25) is 0 Å². The quantitative estimate of drug-likeness (QED) is 0.847. The van der Waals surface area contributed by atoms with Crippen molar-refractivity contribution in [3.05, 3.63) is 54.5 Å². The second-order valence-corrected chi connectivity index (χ2v) is 6.66. The molecular weight excluding hydrogens is 278 g/mol. The van der Waals surface area contributed by atoms with Crippen molar-refractivity contribution < 1.29 is 17.9 Å². The van der Waals surface area contributed by atoms with Crippen LogP contribution in [-0.4, -0.2) is 25.7 Å². The van der Waals surface area contributed by atoms with E-state index in [0.717, 1.165) is 0 Å². The molecule has 0 radical (unpaired) electrons. The summed E-state index contributed by atoms with van der Waals surface area (Å²) in [7, 11) is -3.61. The Bertz CT molecular complexity index is 633. The maximum absolute atomic E-state index is 12.0. The summed E-state index contributed by atoms with van der Waals surface area (Å²) in [4.78, 5) is 0.175. The first-order chi connectivity index (χ1) is 9.39. The van der Waals surface area contributed by atoms with E-state index in [0.29, 0.717) is 5.76 Å². The van der Waals surface area contributed by atoms with Crippen molar-refractivity contribution in [1.82, 2.24) is 4.72 Å². The molecule has 108 valence electrons. The molecule has 0 bridgehead atoms. The van der Waals surface area contributed by atoms with Gasteiger partial charge in [0.2, 0.25) is 10.0 Å². The predicted molar refractivity (Wildman–Crippen MR) is 74.7 cm³/mol. The first kappa shape index (κ1) is 14.8. The summed E-state index contributed by atoms with van der Waals surface area (Å²) in [6.45, 7) is 1.47. The van der Waals surface area contributed by atoms with E-state index in [2.05, 4.69) is 4.72 Å². The highest BCUT2D eigenvalue weighted by atomic mass is 32.2. The standard InChI is InChI=1S/C14H17NO4S/c1-14(16,10-12-6-5-9-19-12)11-15-20(17,18)13-7-3-2-4-8-13/h2-9,15-16H,10-11H2,1H3/t14-/m1/s1. The van der Waals surface area contributed by atoms with Gasteiger partial charge in [-0.15, -0.1) is 0 Å². The first-order valence-electron chi connectivity index (χ1n) is 6.19. The Morgan fingerprint density at radius 1 is 1.20 bits per heavy atom. The van der Waals surface area contributed by atoms with Crippen LogP contribution in [0.1, 0.15) is 12.7 Å². The molecule has 0 saturated carbocycles. The van der Waals surface area contributed by atoms with E-state index in [1.807, 2.05) is 0 Å². The van der Waals surface area contributed by atoms with Crippen LogP contribution in [0.5, 0.6) is 0 Å². The second-order valence-electron chi connectivity index (χ2n) is 4.89. The highest BCUT2D eigenvalue weighted by Gasteiger charge is 2.25. The van der Waals surface area contributed by atoms with Gasteiger partial charge in [-0.1, -0.05) is 18.2 Å². The Labute approximate surface area is 118 Å². The average molecular weight is 295 g/mol. The third-order valence-electron chi connectivity index (χ3n) is 2.83. The minimum atomic E-state index is -3.61. The molecule has 0 aliphatic heterocycles. The van der Waals surface area contributed by atoms with E-state index in [4.69, 9.17) is 4.42 Å². The van der Waals surface area contributed by atoms with Crippen LogP contribution in [0.2, 0.25) is 0 Å². The summed E-state index contributed by atoms with van der Waals surface area (Å²) in [6.07, 6.45) is 1.75. The molecule has 0 spiro atoms. The van der Waals surface area contributed by atoms with E-state index in [-0.39, 0.29) is 17.9 Å². The second kappa shape index (κ2) is 5.78. The summed E-state index contributed by atoms with van der Waals surface area (Å²) in [5.74, 6) is 0.605. The Morgan fingerprint density at radius 3 is 2.50 bits per heavy atom. The zero-order valence-corrected chi connectivity index (χ0v) is 11.9. The number of furan rings is 1. The van der Waals surface area contributed by atoms with Gasteiger partial charge >= 0.3 is 0 Å². The minimum Gasteiger partial charge on any atom is -0.469 e. The van der Waals surface area contributed by atoms with E-state index in [9.17, 15) is 13.5 Å². The van der Waals surface area contributed by atoms with Crippen LogP contribution < -0.4 is 4.72 Å². The van der Waals surface area contributed by atoms with Crippen LogP contribution in [0.3, 0.4) is 0 Å². The molecule has 2 N–H and O–H groups in total. The van der Waals surface area contributed by atoms with Crippen molar-refractivity contribution in [2.75, 3.05) is 6.54 Å². The van der Waals surface area contributed by atoms with Crippen molar-refractivity contribution in [3.8, 4) is 0 Å². The molecule has 2 rings (SSSR count). The summed E-state index contributed by atoms with van der Waals surface area (Å²) < 4.78 is 31.6. The molecular formula is C14H17NO4S. The highest BCUT2D eigenvalue weighted by molar-refractivity contribution is 7.89. The summed E-state index contributed by atoms with van der Waals surface area (Å²) in [5.41, 5.74) is -1.22. The summed E-state index contributed by atoms with van der Waals surface area (Å²) in [5, 5.41) is 10.2. The zero-order chi connectivity index (χ0) is 14.6. The molecule has 0 unspecified atom stereocenters. The van der Waals surface area contributed by atoms with Crippen LogP contribution in [0.15, 0.2) is 58.0 Å². The molecule has 6 heteroatoms. The van der Waals surface area contributed by atoms with E-state index >= 15 is 0 Å². The smallest absolute Gasteiger partial charge is 0.240 e. The molecule has 20 heavy (non-hydrogen) atoms. The van der Waals surface area contributed by atoms with Crippen LogP contribution >= 0.6 is 0 Å². The van der Waals surface area contributed by atoms with Crippen LogP contribution in [0.4, 0.5) is 0 Å². The molecule has 0 aliphatic carbocycles. The molecule has 1 aromatic heterocycles. The average Bonchev–Trinajstić information content (AvgIpc) is 2.90. The number of aliphatic hydroxyl groups is 1. The molecule has 1 atom stereocenters. The molecule has 0 aliphatic rings. The molecule has 2 aromatic rings. The molecule has 5 nitrogen and oxygen atoms in total. The lowest BCUT2D eigenvalue weighted by Gasteiger charge is -2.22. The Hall–Kier alpha value is -1.63. The lowest BCUT2D eigenvalue weighted by Crippen LogP contribution is -2.42. The molecule has 0 amide bonds. The van der Waals surface area contributed by atoms with Crippen molar-refractivity contribution in [2.24, 2.45) is 0 Å².